The van der Waals surface area contributed by atoms with Crippen molar-refractivity contribution in [3.05, 3.63) is 24.3 Å². The quantitative estimate of drug-likeness (QED) is 0.485. The summed E-state index contributed by atoms with van der Waals surface area (Å²) in [5.41, 5.74) is 0. The molecular formula is C8H9NO. The third-order valence-electron chi connectivity index (χ3n) is 2.02. The fraction of sp³-hybridized carbons (Fsp3) is 0.375. The second-order valence-corrected chi connectivity index (χ2v) is 2.69. The Balaban J connectivity index is 2.17. The van der Waals surface area contributed by atoms with Crippen molar-refractivity contribution >= 4 is 5.91 Å². The first-order chi connectivity index (χ1) is 4.88. The molecule has 0 unspecified atom stereocenters. The highest BCUT2D eigenvalue weighted by atomic mass is 16.2. The zero-order chi connectivity index (χ0) is 6.97. The molecule has 0 aromatic rings. The van der Waals surface area contributed by atoms with Crippen molar-refractivity contribution in [2.45, 2.75) is 12.5 Å². The molecule has 1 N–H and O–H groups in total. The van der Waals surface area contributed by atoms with Crippen LogP contribution in [0.1, 0.15) is 6.42 Å². The molecule has 1 aliphatic heterocycles. The maximum atomic E-state index is 10.8. The lowest BCUT2D eigenvalue weighted by Crippen LogP contribution is -2.56. The summed E-state index contributed by atoms with van der Waals surface area (Å²) < 4.78 is 0. The second-order valence-electron chi connectivity index (χ2n) is 2.69. The van der Waals surface area contributed by atoms with Crippen LogP contribution in [0.25, 0.3) is 0 Å². The summed E-state index contributed by atoms with van der Waals surface area (Å²) in [6.07, 6.45) is 8.97. The van der Waals surface area contributed by atoms with Crippen LogP contribution in [0.15, 0.2) is 24.3 Å². The van der Waals surface area contributed by atoms with Crippen LogP contribution < -0.4 is 5.32 Å². The second kappa shape index (κ2) is 1.97. The molecule has 52 valence electrons. The number of nitrogens with one attached hydrogen (secondary N) is 1. The minimum Gasteiger partial charge on any atom is -0.351 e. The van der Waals surface area contributed by atoms with Crippen LogP contribution in [0, 0.1) is 5.92 Å². The highest BCUT2D eigenvalue weighted by molar-refractivity contribution is 5.87. The van der Waals surface area contributed by atoms with E-state index in [2.05, 4.69) is 11.4 Å². The number of fused-ring (bicyclic) bond motifs is 1. The van der Waals surface area contributed by atoms with Crippen LogP contribution in [0.4, 0.5) is 0 Å². The van der Waals surface area contributed by atoms with Gasteiger partial charge < -0.3 is 5.32 Å². The summed E-state index contributed by atoms with van der Waals surface area (Å²) in [4.78, 5) is 10.8. The van der Waals surface area contributed by atoms with Crippen LogP contribution in [-0.4, -0.2) is 11.9 Å². The van der Waals surface area contributed by atoms with Gasteiger partial charge in [-0.25, -0.2) is 0 Å². The third-order valence-corrected chi connectivity index (χ3v) is 2.02. The van der Waals surface area contributed by atoms with Gasteiger partial charge in [-0.1, -0.05) is 24.3 Å². The van der Waals surface area contributed by atoms with Gasteiger partial charge in [-0.15, -0.1) is 0 Å². The maximum absolute atomic E-state index is 10.8. The predicted octanol–water partition coefficient (Wildman–Crippen LogP) is 0.617. The minimum absolute atomic E-state index is 0.148. The van der Waals surface area contributed by atoms with Gasteiger partial charge in [0.15, 0.2) is 0 Å². The molecule has 1 amide bonds. The van der Waals surface area contributed by atoms with Gasteiger partial charge >= 0.3 is 0 Å². The Kier molecular flexibility index (Phi) is 1.13. The molecule has 0 spiro atoms. The number of carbonyl (C=O) groups excluding carboxylic acids is 1. The normalized spacial score (nSPS) is 35.8. The van der Waals surface area contributed by atoms with Crippen molar-refractivity contribution in [3.63, 3.8) is 0 Å². The molecule has 1 saturated heterocycles. The fourth-order valence-electron chi connectivity index (χ4n) is 1.37. The van der Waals surface area contributed by atoms with Crippen LogP contribution in [-0.2, 0) is 4.79 Å². The molecule has 10 heavy (non-hydrogen) atoms. The SMILES string of the molecule is O=C1N[C@@H]2CC=CC=C[C@H]12. The topological polar surface area (TPSA) is 29.1 Å². The number of hydrogen-bond acceptors (Lipinski definition) is 1. The summed E-state index contributed by atoms with van der Waals surface area (Å²) in [7, 11) is 0. The van der Waals surface area contributed by atoms with Gasteiger partial charge in [-0.2, -0.15) is 0 Å². The number of β-lactam (4-membered cyclic amide) rings is 1. The summed E-state index contributed by atoms with van der Waals surface area (Å²) >= 11 is 0. The van der Waals surface area contributed by atoms with E-state index in [1.165, 1.54) is 0 Å². The number of hydrogen-bond donors (Lipinski definition) is 1. The Morgan fingerprint density at radius 3 is 3.20 bits per heavy atom. The van der Waals surface area contributed by atoms with E-state index in [0.29, 0.717) is 6.04 Å². The first-order valence-corrected chi connectivity index (χ1v) is 3.51. The molecule has 1 fully saturated rings. The van der Waals surface area contributed by atoms with E-state index < -0.39 is 0 Å². The first kappa shape index (κ1) is 5.71. The van der Waals surface area contributed by atoms with E-state index in [1.54, 1.807) is 0 Å². The molecule has 2 nitrogen and oxygen atoms in total. The van der Waals surface area contributed by atoms with Crippen molar-refractivity contribution in [2.24, 2.45) is 5.92 Å². The lowest BCUT2D eigenvalue weighted by atomic mass is 9.89. The third kappa shape index (κ3) is 0.685. The van der Waals surface area contributed by atoms with Crippen molar-refractivity contribution in [1.29, 1.82) is 0 Å². The van der Waals surface area contributed by atoms with E-state index in [-0.39, 0.29) is 11.8 Å². The van der Waals surface area contributed by atoms with E-state index in [1.807, 2.05) is 18.2 Å². The summed E-state index contributed by atoms with van der Waals surface area (Å²) in [6.45, 7) is 0. The Bertz CT molecular complexity index is 217. The molecule has 2 atom stereocenters. The van der Waals surface area contributed by atoms with Gasteiger partial charge in [0.2, 0.25) is 5.91 Å². The largest absolute Gasteiger partial charge is 0.351 e. The van der Waals surface area contributed by atoms with Crippen molar-refractivity contribution in [3.8, 4) is 0 Å². The molecule has 2 aliphatic rings. The van der Waals surface area contributed by atoms with Crippen LogP contribution in [0.3, 0.4) is 0 Å². The van der Waals surface area contributed by atoms with Gasteiger partial charge in [-0.05, 0) is 6.42 Å². The van der Waals surface area contributed by atoms with E-state index in [9.17, 15) is 4.79 Å². The smallest absolute Gasteiger partial charge is 0.229 e. The molecule has 2 rings (SSSR count). The number of carbonyl (C=O) groups is 1. The molecule has 0 bridgehead atoms. The Labute approximate surface area is 59.6 Å². The van der Waals surface area contributed by atoms with Gasteiger partial charge in [-0.3, -0.25) is 4.79 Å². The van der Waals surface area contributed by atoms with Crippen LogP contribution >= 0.6 is 0 Å². The fourth-order valence-corrected chi connectivity index (χ4v) is 1.37. The van der Waals surface area contributed by atoms with Crippen molar-refractivity contribution < 1.29 is 4.79 Å². The zero-order valence-electron chi connectivity index (χ0n) is 5.58. The molecule has 2 heteroatoms. The average molecular weight is 135 g/mol. The zero-order valence-corrected chi connectivity index (χ0v) is 5.58. The Morgan fingerprint density at radius 1 is 1.50 bits per heavy atom. The average Bonchev–Trinajstić information content (AvgIpc) is 2.09. The van der Waals surface area contributed by atoms with E-state index in [0.717, 1.165) is 6.42 Å². The van der Waals surface area contributed by atoms with Crippen LogP contribution in [0.2, 0.25) is 0 Å². The summed E-state index contributed by atoms with van der Waals surface area (Å²) in [5, 5.41) is 2.84. The summed E-state index contributed by atoms with van der Waals surface area (Å²) in [6, 6.07) is 0.377. The van der Waals surface area contributed by atoms with E-state index in [4.69, 9.17) is 0 Å². The van der Waals surface area contributed by atoms with Gasteiger partial charge in [0.25, 0.3) is 0 Å². The molecule has 0 radical (unpaired) electrons. The maximum Gasteiger partial charge on any atom is 0.229 e. The molecule has 0 aromatic carbocycles. The number of rotatable bonds is 0. The molecule has 1 heterocycles. The molecular weight excluding hydrogens is 126 g/mol. The number of amides is 1. The minimum atomic E-state index is 0.148. The standard InChI is InChI=1S/C8H9NO/c10-8-6-4-2-1-3-5-7(6)9-8/h1-4,6-7H,5H2,(H,9,10)/t6-,7+/m0/s1. The lowest BCUT2D eigenvalue weighted by molar-refractivity contribution is -0.132. The molecule has 1 aliphatic carbocycles. The monoisotopic (exact) mass is 135 g/mol. The number of allylic oxidation sites excluding steroid dienone is 2. The Hall–Kier alpha value is -1.05. The van der Waals surface area contributed by atoms with Gasteiger partial charge in [0, 0.05) is 6.04 Å². The van der Waals surface area contributed by atoms with Crippen LogP contribution in [0.5, 0.6) is 0 Å². The highest BCUT2D eigenvalue weighted by Gasteiger charge is 2.36. The highest BCUT2D eigenvalue weighted by Crippen LogP contribution is 2.21. The van der Waals surface area contributed by atoms with E-state index >= 15 is 0 Å². The molecule has 0 saturated carbocycles. The first-order valence-electron chi connectivity index (χ1n) is 3.51. The van der Waals surface area contributed by atoms with Crippen molar-refractivity contribution in [1.82, 2.24) is 5.32 Å². The van der Waals surface area contributed by atoms with Gasteiger partial charge in [0.1, 0.15) is 0 Å². The van der Waals surface area contributed by atoms with Gasteiger partial charge in [0.05, 0.1) is 5.92 Å². The lowest BCUT2D eigenvalue weighted by Gasteiger charge is -2.33. The predicted molar refractivity (Wildman–Crippen MR) is 38.3 cm³/mol. The Morgan fingerprint density at radius 2 is 2.40 bits per heavy atom. The molecule has 0 aromatic heterocycles. The summed E-state index contributed by atoms with van der Waals surface area (Å²) in [5.74, 6) is 0.319. The van der Waals surface area contributed by atoms with Crippen molar-refractivity contribution in [2.75, 3.05) is 0 Å².